The smallest absolute Gasteiger partial charge is 0.276 e. The summed E-state index contributed by atoms with van der Waals surface area (Å²) in [6, 6.07) is 24.1. The highest BCUT2D eigenvalue weighted by molar-refractivity contribution is 6.13. The molecule has 2 heterocycles. The topological polar surface area (TPSA) is 76.9 Å². The molecule has 6 heteroatoms. The second-order valence-corrected chi connectivity index (χ2v) is 7.20. The van der Waals surface area contributed by atoms with Gasteiger partial charge in [0.15, 0.2) is 5.69 Å². The predicted octanol–water partition coefficient (Wildman–Crippen LogP) is 4.25. The summed E-state index contributed by atoms with van der Waals surface area (Å²) in [6.45, 7) is 0.282. The van der Waals surface area contributed by atoms with Gasteiger partial charge in [0.1, 0.15) is 0 Å². The summed E-state index contributed by atoms with van der Waals surface area (Å²) >= 11 is 0. The van der Waals surface area contributed by atoms with Crippen molar-refractivity contribution in [2.24, 2.45) is 0 Å². The number of hydrogen-bond acceptors (Lipinski definition) is 4. The highest BCUT2D eigenvalue weighted by Gasteiger charge is 2.17. The van der Waals surface area contributed by atoms with Crippen LogP contribution in [0.4, 0.5) is 5.69 Å². The highest BCUT2D eigenvalue weighted by atomic mass is 16.2. The molecule has 1 N–H and O–H groups in total. The third-order valence-corrected chi connectivity index (χ3v) is 5.19. The molecule has 1 amide bonds. The Morgan fingerprint density at radius 1 is 0.839 bits per heavy atom. The molecular formula is C25H18N4O2. The number of benzene rings is 3. The number of carbonyl (C=O) groups is 1. The van der Waals surface area contributed by atoms with Crippen LogP contribution < -0.4 is 10.9 Å². The number of amides is 1. The minimum Gasteiger partial charge on any atom is -0.320 e. The first-order valence-electron chi connectivity index (χ1n) is 9.88. The zero-order chi connectivity index (χ0) is 21.2. The average molecular weight is 406 g/mol. The fourth-order valence-electron chi connectivity index (χ4n) is 3.68. The van der Waals surface area contributed by atoms with Crippen LogP contribution in [0, 0.1) is 0 Å². The van der Waals surface area contributed by atoms with Crippen molar-refractivity contribution >= 4 is 33.1 Å². The first-order valence-corrected chi connectivity index (χ1v) is 9.88. The molecule has 6 nitrogen and oxygen atoms in total. The molecule has 5 rings (SSSR count). The van der Waals surface area contributed by atoms with Gasteiger partial charge in [0.2, 0.25) is 0 Å². The van der Waals surface area contributed by atoms with Crippen LogP contribution in [0.5, 0.6) is 0 Å². The second kappa shape index (κ2) is 7.84. The van der Waals surface area contributed by atoms with Gasteiger partial charge in [-0.3, -0.25) is 14.6 Å². The van der Waals surface area contributed by atoms with Gasteiger partial charge in [-0.15, -0.1) is 0 Å². The largest absolute Gasteiger partial charge is 0.320 e. The van der Waals surface area contributed by atoms with E-state index in [1.165, 1.54) is 4.68 Å². The Morgan fingerprint density at radius 2 is 1.61 bits per heavy atom. The minimum absolute atomic E-state index is 0.206. The van der Waals surface area contributed by atoms with E-state index in [0.29, 0.717) is 16.5 Å². The van der Waals surface area contributed by atoms with Crippen molar-refractivity contribution in [2.75, 3.05) is 5.32 Å². The van der Waals surface area contributed by atoms with Crippen molar-refractivity contribution in [3.63, 3.8) is 0 Å². The third kappa shape index (κ3) is 3.55. The van der Waals surface area contributed by atoms with E-state index in [9.17, 15) is 9.59 Å². The molecule has 0 aliphatic heterocycles. The van der Waals surface area contributed by atoms with Crippen molar-refractivity contribution in [1.29, 1.82) is 0 Å². The molecule has 0 bridgehead atoms. The molecule has 0 saturated heterocycles. The minimum atomic E-state index is -0.373. The number of aromatic nitrogens is 3. The Bertz CT molecular complexity index is 1470. The molecule has 3 aromatic carbocycles. The maximum absolute atomic E-state index is 13.3. The summed E-state index contributed by atoms with van der Waals surface area (Å²) in [5.41, 5.74) is 1.57. The number of carbonyl (C=O) groups excluding carboxylic acids is 1. The van der Waals surface area contributed by atoms with Crippen molar-refractivity contribution in [2.45, 2.75) is 6.54 Å². The summed E-state index contributed by atoms with van der Waals surface area (Å²) < 4.78 is 1.35. The first-order chi connectivity index (χ1) is 15.2. The van der Waals surface area contributed by atoms with Crippen LogP contribution in [0.1, 0.15) is 16.1 Å². The fourth-order valence-corrected chi connectivity index (χ4v) is 3.68. The monoisotopic (exact) mass is 406 g/mol. The summed E-state index contributed by atoms with van der Waals surface area (Å²) in [5, 5.41) is 10.2. The standard InChI is InChI=1S/C25H18N4O2/c30-24(27-22-12-6-9-18-15-26-14-13-19(18)22)23-20-10-4-5-11-21(20)25(31)29(28-23)16-17-7-2-1-3-8-17/h1-15H,16H2,(H,27,30). The van der Waals surface area contributed by atoms with E-state index in [0.717, 1.165) is 16.3 Å². The van der Waals surface area contributed by atoms with Crippen molar-refractivity contribution in [3.8, 4) is 0 Å². The third-order valence-electron chi connectivity index (χ3n) is 5.19. The van der Waals surface area contributed by atoms with Crippen molar-refractivity contribution in [1.82, 2.24) is 14.8 Å². The van der Waals surface area contributed by atoms with Crippen LogP contribution in [0.15, 0.2) is 96.1 Å². The van der Waals surface area contributed by atoms with E-state index in [4.69, 9.17) is 0 Å². The van der Waals surface area contributed by atoms with Crippen molar-refractivity contribution < 1.29 is 4.79 Å². The number of nitrogens with one attached hydrogen (secondary N) is 1. The van der Waals surface area contributed by atoms with Crippen LogP contribution >= 0.6 is 0 Å². The Labute approximate surface area is 177 Å². The molecule has 0 radical (unpaired) electrons. The number of anilines is 1. The lowest BCUT2D eigenvalue weighted by Gasteiger charge is -2.12. The lowest BCUT2D eigenvalue weighted by molar-refractivity contribution is 0.102. The Kier molecular flexibility index (Phi) is 4.72. The molecule has 31 heavy (non-hydrogen) atoms. The van der Waals surface area contributed by atoms with Crippen LogP contribution in [0.25, 0.3) is 21.5 Å². The van der Waals surface area contributed by atoms with Gasteiger partial charge < -0.3 is 5.32 Å². The second-order valence-electron chi connectivity index (χ2n) is 7.20. The molecule has 0 fully saturated rings. The molecule has 0 saturated carbocycles. The summed E-state index contributed by atoms with van der Waals surface area (Å²) in [4.78, 5) is 30.4. The van der Waals surface area contributed by atoms with Crippen LogP contribution in [0.3, 0.4) is 0 Å². The molecule has 2 aromatic heterocycles. The van der Waals surface area contributed by atoms with Crippen LogP contribution in [-0.2, 0) is 6.54 Å². The van der Waals surface area contributed by atoms with E-state index in [-0.39, 0.29) is 23.7 Å². The summed E-state index contributed by atoms with van der Waals surface area (Å²) in [5.74, 6) is -0.373. The van der Waals surface area contributed by atoms with Crippen molar-refractivity contribution in [3.05, 3.63) is 113 Å². The van der Waals surface area contributed by atoms with Crippen LogP contribution in [0.2, 0.25) is 0 Å². The molecule has 0 spiro atoms. The molecule has 5 aromatic rings. The van der Waals surface area contributed by atoms with Gasteiger partial charge in [-0.25, -0.2) is 4.68 Å². The lowest BCUT2D eigenvalue weighted by Crippen LogP contribution is -2.28. The van der Waals surface area contributed by atoms with Crippen LogP contribution in [-0.4, -0.2) is 20.7 Å². The Balaban J connectivity index is 1.60. The van der Waals surface area contributed by atoms with Gasteiger partial charge in [-0.2, -0.15) is 5.10 Å². The maximum Gasteiger partial charge on any atom is 0.276 e. The van der Waals surface area contributed by atoms with Gasteiger partial charge >= 0.3 is 0 Å². The molecule has 0 atom stereocenters. The molecule has 0 unspecified atom stereocenters. The average Bonchev–Trinajstić information content (AvgIpc) is 2.82. The maximum atomic E-state index is 13.3. The van der Waals surface area contributed by atoms with E-state index < -0.39 is 0 Å². The molecular weight excluding hydrogens is 388 g/mol. The molecule has 0 aliphatic rings. The quantitative estimate of drug-likeness (QED) is 0.484. The van der Waals surface area contributed by atoms with Gasteiger partial charge in [0, 0.05) is 34.2 Å². The van der Waals surface area contributed by atoms with Gasteiger partial charge in [0.05, 0.1) is 11.9 Å². The van der Waals surface area contributed by atoms with E-state index in [1.54, 1.807) is 36.7 Å². The molecule has 150 valence electrons. The summed E-state index contributed by atoms with van der Waals surface area (Å²) in [6.07, 6.45) is 3.43. The zero-order valence-corrected chi connectivity index (χ0v) is 16.5. The number of nitrogens with zero attached hydrogens (tertiary/aromatic N) is 3. The number of fused-ring (bicyclic) bond motifs is 2. The first kappa shape index (κ1) is 18.7. The van der Waals surface area contributed by atoms with Gasteiger partial charge in [-0.05, 0) is 23.8 Å². The Hall–Kier alpha value is -4.32. The fraction of sp³-hybridized carbons (Fsp3) is 0.0400. The lowest BCUT2D eigenvalue weighted by atomic mass is 10.1. The number of rotatable bonds is 4. The van der Waals surface area contributed by atoms with Gasteiger partial charge in [0.25, 0.3) is 11.5 Å². The number of pyridine rings is 1. The van der Waals surface area contributed by atoms with Gasteiger partial charge in [-0.1, -0.05) is 60.7 Å². The predicted molar refractivity (Wildman–Crippen MR) is 121 cm³/mol. The van der Waals surface area contributed by atoms with E-state index >= 15 is 0 Å². The normalized spacial score (nSPS) is 11.0. The number of hydrogen-bond donors (Lipinski definition) is 1. The molecule has 0 aliphatic carbocycles. The summed E-state index contributed by atoms with van der Waals surface area (Å²) in [7, 11) is 0. The highest BCUT2D eigenvalue weighted by Crippen LogP contribution is 2.23. The Morgan fingerprint density at radius 3 is 2.45 bits per heavy atom. The SMILES string of the molecule is O=C(Nc1cccc2cnccc12)c1nn(Cc2ccccc2)c(=O)c2ccccc12. The van der Waals surface area contributed by atoms with E-state index in [1.807, 2.05) is 54.6 Å². The van der Waals surface area contributed by atoms with E-state index in [2.05, 4.69) is 15.4 Å². The zero-order valence-electron chi connectivity index (χ0n) is 16.5.